The van der Waals surface area contributed by atoms with Crippen molar-refractivity contribution in [2.24, 2.45) is 0 Å². The minimum absolute atomic E-state index is 0.0897. The Balaban J connectivity index is 2.39. The Hall–Kier alpha value is -1.66. The molecule has 102 valence electrons. The van der Waals surface area contributed by atoms with Gasteiger partial charge in [0.15, 0.2) is 0 Å². The number of ether oxygens (including phenoxy) is 1. The number of benzene rings is 1. The lowest BCUT2D eigenvalue weighted by molar-refractivity contribution is 0.150. The molecule has 0 saturated carbocycles. The summed E-state index contributed by atoms with van der Waals surface area (Å²) in [5, 5.41) is 10.4. The number of hydrogen-bond acceptors (Lipinski definition) is 3. The summed E-state index contributed by atoms with van der Waals surface area (Å²) in [6.07, 6.45) is 0. The molecule has 0 aromatic heterocycles. The predicted octanol–water partition coefficient (Wildman–Crippen LogP) is 2.17. The van der Waals surface area contributed by atoms with E-state index in [9.17, 15) is 9.18 Å². The van der Waals surface area contributed by atoms with Gasteiger partial charge in [-0.1, -0.05) is 17.7 Å². The van der Waals surface area contributed by atoms with E-state index < -0.39 is 17.9 Å². The van der Waals surface area contributed by atoms with Gasteiger partial charge in [-0.25, -0.2) is 9.18 Å². The van der Waals surface area contributed by atoms with Gasteiger partial charge in [0.2, 0.25) is 0 Å². The van der Waals surface area contributed by atoms with Crippen molar-refractivity contribution < 1.29 is 13.9 Å². The van der Waals surface area contributed by atoms with E-state index in [-0.39, 0.29) is 23.0 Å². The molecular weight excluding hydrogens is 273 g/mol. The number of carbonyl (C=O) groups excluding carboxylic acids is 1. The second kappa shape index (κ2) is 5.54. The van der Waals surface area contributed by atoms with Gasteiger partial charge in [0.05, 0.1) is 6.61 Å². The zero-order chi connectivity index (χ0) is 14.0. The van der Waals surface area contributed by atoms with E-state index in [4.69, 9.17) is 21.7 Å². The number of amides is 2. The van der Waals surface area contributed by atoms with Crippen molar-refractivity contribution in [3.05, 3.63) is 34.6 Å². The highest BCUT2D eigenvalue weighted by Gasteiger charge is 2.39. The number of urea groups is 1. The fourth-order valence-electron chi connectivity index (χ4n) is 2.02. The van der Waals surface area contributed by atoms with Crippen molar-refractivity contribution >= 4 is 23.5 Å². The number of methoxy groups -OCH3 is 1. The third-order valence-electron chi connectivity index (χ3n) is 2.90. The average molecular weight is 286 g/mol. The third kappa shape index (κ3) is 2.54. The molecule has 1 aromatic carbocycles. The number of carbonyl (C=O) groups is 1. The normalized spacial score (nSPS) is 18.9. The maximum absolute atomic E-state index is 13.9. The van der Waals surface area contributed by atoms with Gasteiger partial charge in [0, 0.05) is 24.2 Å². The van der Waals surface area contributed by atoms with E-state index in [2.05, 4.69) is 5.32 Å². The SMILES string of the molecule is COCCN1C(=O)NC(=N)C1c1c(F)cccc1Cl. The number of nitrogens with one attached hydrogen (secondary N) is 2. The van der Waals surface area contributed by atoms with Crippen molar-refractivity contribution in [2.45, 2.75) is 6.04 Å². The highest BCUT2D eigenvalue weighted by atomic mass is 35.5. The molecule has 1 aromatic rings. The fraction of sp³-hybridized carbons (Fsp3) is 0.333. The minimum Gasteiger partial charge on any atom is -0.383 e. The lowest BCUT2D eigenvalue weighted by Crippen LogP contribution is -2.33. The molecule has 2 amide bonds. The van der Waals surface area contributed by atoms with Crippen molar-refractivity contribution in [3.8, 4) is 0 Å². The number of amidine groups is 1. The van der Waals surface area contributed by atoms with E-state index in [1.54, 1.807) is 0 Å². The average Bonchev–Trinajstić information content (AvgIpc) is 2.62. The first kappa shape index (κ1) is 13.8. The van der Waals surface area contributed by atoms with Crippen LogP contribution < -0.4 is 5.32 Å². The Morgan fingerprint density at radius 1 is 1.58 bits per heavy atom. The summed E-state index contributed by atoms with van der Waals surface area (Å²) < 4.78 is 18.8. The Morgan fingerprint density at radius 2 is 2.32 bits per heavy atom. The molecular formula is C12H13ClFN3O2. The van der Waals surface area contributed by atoms with Crippen molar-refractivity contribution in [1.29, 1.82) is 5.41 Å². The number of hydrogen-bond donors (Lipinski definition) is 2. The summed E-state index contributed by atoms with van der Waals surface area (Å²) in [6.45, 7) is 0.545. The van der Waals surface area contributed by atoms with Crippen LogP contribution in [0.5, 0.6) is 0 Å². The summed E-state index contributed by atoms with van der Waals surface area (Å²) in [4.78, 5) is 13.1. The molecule has 0 spiro atoms. The first-order valence-electron chi connectivity index (χ1n) is 5.65. The molecule has 2 rings (SSSR count). The molecule has 0 bridgehead atoms. The summed E-state index contributed by atoms with van der Waals surface area (Å²) >= 11 is 5.99. The van der Waals surface area contributed by atoms with Gasteiger partial charge in [-0.05, 0) is 12.1 Å². The van der Waals surface area contributed by atoms with Crippen LogP contribution in [-0.4, -0.2) is 37.0 Å². The van der Waals surface area contributed by atoms with Gasteiger partial charge >= 0.3 is 6.03 Å². The van der Waals surface area contributed by atoms with Crippen molar-refractivity contribution in [1.82, 2.24) is 10.2 Å². The molecule has 1 aliphatic heterocycles. The standard InChI is InChI=1S/C12H13ClFN3O2/c1-19-6-5-17-10(11(15)16-12(17)18)9-7(13)3-2-4-8(9)14/h2-4,10H,5-6H2,1H3,(H2,15,16,18). The van der Waals surface area contributed by atoms with E-state index in [1.807, 2.05) is 0 Å². The van der Waals surface area contributed by atoms with Crippen molar-refractivity contribution in [3.63, 3.8) is 0 Å². The molecule has 19 heavy (non-hydrogen) atoms. The maximum atomic E-state index is 13.9. The number of rotatable bonds is 4. The topological polar surface area (TPSA) is 65.4 Å². The summed E-state index contributed by atoms with van der Waals surface area (Å²) in [5.74, 6) is -0.630. The van der Waals surface area contributed by atoms with Crippen LogP contribution in [0.15, 0.2) is 18.2 Å². The van der Waals surface area contributed by atoms with Crippen LogP contribution in [0.3, 0.4) is 0 Å². The highest BCUT2D eigenvalue weighted by molar-refractivity contribution is 6.31. The maximum Gasteiger partial charge on any atom is 0.323 e. The zero-order valence-corrected chi connectivity index (χ0v) is 11.0. The Morgan fingerprint density at radius 3 is 2.95 bits per heavy atom. The Kier molecular flexibility index (Phi) is 4.01. The van der Waals surface area contributed by atoms with Gasteiger partial charge in [-0.3, -0.25) is 10.7 Å². The Labute approximate surface area is 114 Å². The van der Waals surface area contributed by atoms with E-state index >= 15 is 0 Å². The second-order valence-electron chi connectivity index (χ2n) is 4.07. The summed E-state index contributed by atoms with van der Waals surface area (Å²) in [6, 6.07) is 2.98. The van der Waals surface area contributed by atoms with Gasteiger partial charge in [-0.2, -0.15) is 0 Å². The molecule has 2 N–H and O–H groups in total. The van der Waals surface area contributed by atoms with Gasteiger partial charge in [0.1, 0.15) is 17.7 Å². The monoisotopic (exact) mass is 285 g/mol. The second-order valence-corrected chi connectivity index (χ2v) is 4.48. The zero-order valence-electron chi connectivity index (χ0n) is 10.2. The smallest absolute Gasteiger partial charge is 0.323 e. The van der Waals surface area contributed by atoms with E-state index in [0.29, 0.717) is 6.61 Å². The minimum atomic E-state index is -0.837. The first-order chi connectivity index (χ1) is 9.06. The van der Waals surface area contributed by atoms with Gasteiger partial charge in [0.25, 0.3) is 0 Å². The van der Waals surface area contributed by atoms with Crippen LogP contribution in [0.25, 0.3) is 0 Å². The summed E-state index contributed by atoms with van der Waals surface area (Å²) in [5.41, 5.74) is 0.128. The number of nitrogens with zero attached hydrogens (tertiary/aromatic N) is 1. The fourth-order valence-corrected chi connectivity index (χ4v) is 2.29. The molecule has 0 aliphatic carbocycles. The molecule has 1 fully saturated rings. The van der Waals surface area contributed by atoms with Crippen LogP contribution >= 0.6 is 11.6 Å². The number of halogens is 2. The molecule has 1 atom stereocenters. The predicted molar refractivity (Wildman–Crippen MR) is 69.0 cm³/mol. The lowest BCUT2D eigenvalue weighted by atomic mass is 10.0. The largest absolute Gasteiger partial charge is 0.383 e. The molecule has 0 radical (unpaired) electrons. The lowest BCUT2D eigenvalue weighted by Gasteiger charge is -2.23. The van der Waals surface area contributed by atoms with Crippen LogP contribution in [0.4, 0.5) is 9.18 Å². The van der Waals surface area contributed by atoms with Crippen LogP contribution in [0.1, 0.15) is 11.6 Å². The molecule has 1 aliphatic rings. The van der Waals surface area contributed by atoms with Crippen LogP contribution in [0, 0.1) is 11.2 Å². The quantitative estimate of drug-likeness (QED) is 0.890. The molecule has 1 heterocycles. The molecule has 7 heteroatoms. The van der Waals surface area contributed by atoms with E-state index in [1.165, 1.54) is 30.2 Å². The van der Waals surface area contributed by atoms with Gasteiger partial charge < -0.3 is 9.64 Å². The van der Waals surface area contributed by atoms with Crippen LogP contribution in [-0.2, 0) is 4.74 Å². The van der Waals surface area contributed by atoms with Crippen LogP contribution in [0.2, 0.25) is 5.02 Å². The van der Waals surface area contributed by atoms with Gasteiger partial charge in [-0.15, -0.1) is 0 Å². The van der Waals surface area contributed by atoms with E-state index in [0.717, 1.165) is 0 Å². The third-order valence-corrected chi connectivity index (χ3v) is 3.23. The molecule has 5 nitrogen and oxygen atoms in total. The van der Waals surface area contributed by atoms with Crippen molar-refractivity contribution in [2.75, 3.05) is 20.3 Å². The summed E-state index contributed by atoms with van der Waals surface area (Å²) in [7, 11) is 1.50. The Bertz CT molecular complexity index is 503. The molecule has 1 saturated heterocycles. The molecule has 1 unspecified atom stereocenters. The first-order valence-corrected chi connectivity index (χ1v) is 6.03. The highest BCUT2D eigenvalue weighted by Crippen LogP contribution is 2.32.